The van der Waals surface area contributed by atoms with E-state index in [1.165, 1.54) is 12.1 Å². The lowest BCUT2D eigenvalue weighted by Gasteiger charge is -2.24. The van der Waals surface area contributed by atoms with Gasteiger partial charge in [0, 0.05) is 42.2 Å². The molecule has 0 fully saturated rings. The molecule has 29 heavy (non-hydrogen) atoms. The van der Waals surface area contributed by atoms with Crippen molar-refractivity contribution in [3.8, 4) is 5.75 Å². The molecule has 0 saturated carbocycles. The van der Waals surface area contributed by atoms with Crippen LogP contribution in [0.15, 0.2) is 42.5 Å². The Kier molecular flexibility index (Phi) is 6.32. The Morgan fingerprint density at radius 2 is 1.97 bits per heavy atom. The van der Waals surface area contributed by atoms with E-state index in [-0.39, 0.29) is 5.69 Å². The molecule has 1 amide bonds. The van der Waals surface area contributed by atoms with Crippen molar-refractivity contribution in [3.05, 3.63) is 53.6 Å². The van der Waals surface area contributed by atoms with Gasteiger partial charge in [0.25, 0.3) is 5.91 Å². The molecule has 0 spiro atoms. The number of aliphatic hydroxyl groups is 1. The molecule has 1 aliphatic rings. The molecule has 1 atom stereocenters. The van der Waals surface area contributed by atoms with Crippen molar-refractivity contribution in [2.24, 2.45) is 0 Å². The lowest BCUT2D eigenvalue weighted by atomic mass is 9.99. The van der Waals surface area contributed by atoms with Crippen LogP contribution in [-0.4, -0.2) is 31.0 Å². The van der Waals surface area contributed by atoms with Crippen LogP contribution in [0.5, 0.6) is 5.75 Å². The third-order valence-corrected chi connectivity index (χ3v) is 4.86. The van der Waals surface area contributed by atoms with E-state index in [9.17, 15) is 23.1 Å². The number of rotatable bonds is 3. The number of aliphatic hydroxyl groups excluding tert-OH is 1. The second kappa shape index (κ2) is 8.73. The number of nitrogens with one attached hydrogen (secondary N) is 1. The summed E-state index contributed by atoms with van der Waals surface area (Å²) in [6, 6.07) is 10.2. The summed E-state index contributed by atoms with van der Waals surface area (Å²) in [6.45, 7) is 0.858. The number of ether oxygens (including phenoxy) is 1. The summed E-state index contributed by atoms with van der Waals surface area (Å²) < 4.78 is 41.0. The Hall–Kier alpha value is -2.74. The summed E-state index contributed by atoms with van der Waals surface area (Å²) in [5.41, 5.74) is 2.04. The average Bonchev–Trinajstić information content (AvgIpc) is 2.71. The van der Waals surface area contributed by atoms with E-state index >= 15 is 0 Å². The zero-order valence-electron chi connectivity index (χ0n) is 16.0. The number of amides is 1. The number of benzene rings is 2. The highest BCUT2D eigenvalue weighted by molar-refractivity contribution is 6.04. The summed E-state index contributed by atoms with van der Waals surface area (Å²) in [5.74, 6) is -0.895. The summed E-state index contributed by atoms with van der Waals surface area (Å²) in [4.78, 5) is 14.7. The molecule has 1 unspecified atom stereocenters. The highest BCUT2D eigenvalue weighted by Gasteiger charge is 2.31. The first kappa shape index (κ1) is 21.0. The zero-order chi connectivity index (χ0) is 21.0. The van der Waals surface area contributed by atoms with E-state index in [1.54, 1.807) is 18.2 Å². The smallest absolute Gasteiger partial charge is 0.406 e. The number of fused-ring (bicyclic) bond motifs is 1. The molecule has 2 aromatic rings. The largest absolute Gasteiger partial charge is 0.573 e. The molecule has 1 heterocycles. The van der Waals surface area contributed by atoms with Crippen LogP contribution in [0.4, 0.5) is 24.5 Å². The maximum atomic E-state index is 12.6. The van der Waals surface area contributed by atoms with Gasteiger partial charge in [0.15, 0.2) is 0 Å². The molecular weight excluding hydrogens is 385 g/mol. The molecule has 0 radical (unpaired) electrons. The predicted octanol–water partition coefficient (Wildman–Crippen LogP) is 4.88. The Morgan fingerprint density at radius 1 is 1.17 bits per heavy atom. The summed E-state index contributed by atoms with van der Waals surface area (Å²) in [5, 5.41) is 13.1. The van der Waals surface area contributed by atoms with Crippen molar-refractivity contribution in [3.63, 3.8) is 0 Å². The normalized spacial score (nSPS) is 17.6. The highest BCUT2D eigenvalue weighted by Crippen LogP contribution is 2.32. The molecule has 0 saturated heterocycles. The minimum absolute atomic E-state index is 0.179. The fourth-order valence-electron chi connectivity index (χ4n) is 3.42. The number of nitrogens with zero attached hydrogens (tertiary/aromatic N) is 1. The van der Waals surface area contributed by atoms with Crippen molar-refractivity contribution in [1.82, 2.24) is 0 Å². The van der Waals surface area contributed by atoms with E-state index in [4.69, 9.17) is 0 Å². The number of anilines is 2. The molecule has 5 nitrogen and oxygen atoms in total. The number of hydrogen-bond donors (Lipinski definition) is 2. The molecule has 8 heteroatoms. The minimum atomic E-state index is -4.81. The van der Waals surface area contributed by atoms with Gasteiger partial charge in [-0.15, -0.1) is 13.2 Å². The third kappa shape index (κ3) is 5.63. The van der Waals surface area contributed by atoms with Gasteiger partial charge in [0.2, 0.25) is 0 Å². The van der Waals surface area contributed by atoms with Crippen molar-refractivity contribution in [1.29, 1.82) is 0 Å². The van der Waals surface area contributed by atoms with Gasteiger partial charge < -0.3 is 20.1 Å². The van der Waals surface area contributed by atoms with Crippen LogP contribution in [0.1, 0.15) is 47.7 Å². The first-order valence-corrected chi connectivity index (χ1v) is 9.43. The van der Waals surface area contributed by atoms with E-state index in [0.717, 1.165) is 43.6 Å². The second-order valence-electron chi connectivity index (χ2n) is 7.09. The van der Waals surface area contributed by atoms with E-state index < -0.39 is 24.1 Å². The summed E-state index contributed by atoms with van der Waals surface area (Å²) >= 11 is 0. The molecule has 1 aliphatic heterocycles. The van der Waals surface area contributed by atoms with Crippen LogP contribution in [0, 0.1) is 0 Å². The molecule has 0 aliphatic carbocycles. The summed E-state index contributed by atoms with van der Waals surface area (Å²) in [6.07, 6.45) is -1.92. The van der Waals surface area contributed by atoms with Crippen molar-refractivity contribution in [2.45, 2.75) is 38.1 Å². The molecule has 156 valence electrons. The van der Waals surface area contributed by atoms with Gasteiger partial charge in [-0.25, -0.2) is 0 Å². The van der Waals surface area contributed by atoms with Crippen molar-refractivity contribution < 1.29 is 27.8 Å². The van der Waals surface area contributed by atoms with Crippen LogP contribution in [0.3, 0.4) is 0 Å². The Balaban J connectivity index is 1.81. The number of halogens is 3. The van der Waals surface area contributed by atoms with Crippen LogP contribution in [0.2, 0.25) is 0 Å². The van der Waals surface area contributed by atoms with Crippen LogP contribution in [-0.2, 0) is 0 Å². The second-order valence-corrected chi connectivity index (χ2v) is 7.09. The van der Waals surface area contributed by atoms with Gasteiger partial charge in [-0.05, 0) is 43.2 Å². The minimum Gasteiger partial charge on any atom is -0.406 e. The molecule has 0 bridgehead atoms. The first-order valence-electron chi connectivity index (χ1n) is 9.43. The SMILES string of the molecule is CN1CCCCCC(O)c2cc(C(=O)Nc3cccc(OC(F)(F)F)c3)ccc21. The van der Waals surface area contributed by atoms with Gasteiger partial charge in [0.1, 0.15) is 5.75 Å². The molecule has 2 N–H and O–H groups in total. The van der Waals surface area contributed by atoms with Crippen molar-refractivity contribution >= 4 is 17.3 Å². The maximum Gasteiger partial charge on any atom is 0.573 e. The summed E-state index contributed by atoms with van der Waals surface area (Å²) in [7, 11) is 1.95. The van der Waals surface area contributed by atoms with Crippen LogP contribution < -0.4 is 15.0 Å². The van der Waals surface area contributed by atoms with Gasteiger partial charge in [-0.3, -0.25) is 4.79 Å². The van der Waals surface area contributed by atoms with E-state index in [0.29, 0.717) is 17.5 Å². The van der Waals surface area contributed by atoms with E-state index in [1.807, 2.05) is 7.05 Å². The molecule has 3 rings (SSSR count). The van der Waals surface area contributed by atoms with Gasteiger partial charge in [0.05, 0.1) is 6.10 Å². The average molecular weight is 408 g/mol. The standard InChI is InChI=1S/C21H23F3N2O3/c1-26-11-4-2-3-8-19(27)17-12-14(9-10-18(17)26)20(28)25-15-6-5-7-16(13-15)29-21(22,23)24/h5-7,9-10,12-13,19,27H,2-4,8,11H2,1H3,(H,25,28). The lowest BCUT2D eigenvalue weighted by Crippen LogP contribution is -2.21. The fraction of sp³-hybridized carbons (Fsp3) is 0.381. The molecule has 0 aromatic heterocycles. The Morgan fingerprint density at radius 3 is 2.72 bits per heavy atom. The van der Waals surface area contributed by atoms with Gasteiger partial charge >= 0.3 is 6.36 Å². The topological polar surface area (TPSA) is 61.8 Å². The number of hydrogen-bond acceptors (Lipinski definition) is 4. The molecule has 2 aromatic carbocycles. The third-order valence-electron chi connectivity index (χ3n) is 4.86. The number of carbonyl (C=O) groups excluding carboxylic acids is 1. The van der Waals surface area contributed by atoms with Crippen LogP contribution >= 0.6 is 0 Å². The monoisotopic (exact) mass is 408 g/mol. The predicted molar refractivity (Wildman–Crippen MR) is 104 cm³/mol. The number of alkyl halides is 3. The maximum absolute atomic E-state index is 12.6. The zero-order valence-corrected chi connectivity index (χ0v) is 16.0. The van der Waals surface area contributed by atoms with Crippen molar-refractivity contribution in [2.75, 3.05) is 23.8 Å². The fourth-order valence-corrected chi connectivity index (χ4v) is 3.42. The Labute approximate surface area is 167 Å². The lowest BCUT2D eigenvalue weighted by molar-refractivity contribution is -0.274. The highest BCUT2D eigenvalue weighted by atomic mass is 19.4. The first-order chi connectivity index (χ1) is 13.7. The van der Waals surface area contributed by atoms with E-state index in [2.05, 4.69) is 15.0 Å². The Bertz CT molecular complexity index is 870. The molecular formula is C21H23F3N2O3. The van der Waals surface area contributed by atoms with Gasteiger partial charge in [-0.1, -0.05) is 18.9 Å². The number of carbonyl (C=O) groups is 1. The van der Waals surface area contributed by atoms with Crippen LogP contribution in [0.25, 0.3) is 0 Å². The van der Waals surface area contributed by atoms with Gasteiger partial charge in [-0.2, -0.15) is 0 Å². The quantitative estimate of drug-likeness (QED) is 0.760.